The summed E-state index contributed by atoms with van der Waals surface area (Å²) in [7, 11) is -8.89. The summed E-state index contributed by atoms with van der Waals surface area (Å²) < 4.78 is 101. The molecule has 71 heavy (non-hydrogen) atoms. The second-order valence-electron chi connectivity index (χ2n) is 20.3. The van der Waals surface area contributed by atoms with E-state index in [1.807, 2.05) is 65.0 Å². The minimum atomic E-state index is -4.49. The molecular formula is C51H64ClF2N6O9S2+. The number of rotatable bonds is 17. The Kier molecular flexibility index (Phi) is 16.2. The number of benzene rings is 3. The van der Waals surface area contributed by atoms with Gasteiger partial charge in [-0.2, -0.15) is 21.4 Å². The number of likely N-dealkylation sites (tertiary alicyclic amines) is 1. The zero-order chi connectivity index (χ0) is 52.5. The van der Waals surface area contributed by atoms with E-state index in [-0.39, 0.29) is 33.3 Å². The monoisotopic (exact) mass is 1040 g/mol. The van der Waals surface area contributed by atoms with Gasteiger partial charge in [-0.1, -0.05) is 55.8 Å². The van der Waals surface area contributed by atoms with Crippen LogP contribution in [0.2, 0.25) is 5.02 Å². The Morgan fingerprint density at radius 3 is 2.20 bits per heavy atom. The lowest BCUT2D eigenvalue weighted by molar-refractivity contribution is -0.438. The van der Waals surface area contributed by atoms with Gasteiger partial charge in [-0.25, -0.2) is 13.6 Å². The number of allylic oxidation sites excluding steroid dienone is 6. The average Bonchev–Trinajstić information content (AvgIpc) is 3.82. The van der Waals surface area contributed by atoms with Crippen molar-refractivity contribution >= 4 is 66.8 Å². The van der Waals surface area contributed by atoms with Gasteiger partial charge < -0.3 is 25.8 Å². The Balaban J connectivity index is 1.10. The lowest BCUT2D eigenvalue weighted by Gasteiger charge is -2.29. The van der Waals surface area contributed by atoms with Crippen LogP contribution in [0.3, 0.4) is 0 Å². The lowest BCUT2D eigenvalue weighted by Crippen LogP contribution is -2.54. The summed E-state index contributed by atoms with van der Waals surface area (Å²) in [5.41, 5.74) is 0.853. The molecule has 5 N–H and O–H groups in total. The SMILES string of the molecule is CCN1C(=CC=CC=CC2=[N+](CCCCCC(=O)NC[C@@]3(F)C[C@@H](C(=O)NCc4cccc(Cl)c4F)N(C(=O)NC(C)(C)C)C3)c3ccc(S(=O)(=O)O)cc3C2(C)C)C(C)(C)c2cc(S(=O)(=O)O)ccc21. The van der Waals surface area contributed by atoms with Crippen LogP contribution >= 0.6 is 11.6 Å². The Morgan fingerprint density at radius 2 is 1.55 bits per heavy atom. The summed E-state index contributed by atoms with van der Waals surface area (Å²) in [5, 5.41) is 7.89. The number of nitrogens with zero attached hydrogens (tertiary/aromatic N) is 3. The lowest BCUT2D eigenvalue weighted by atomic mass is 9.81. The maximum absolute atomic E-state index is 16.5. The first-order valence-electron chi connectivity index (χ1n) is 23.5. The molecule has 2 atom stereocenters. The molecule has 3 aliphatic rings. The number of alkyl halides is 1. The van der Waals surface area contributed by atoms with Crippen LogP contribution in [0.4, 0.5) is 25.0 Å². The predicted molar refractivity (Wildman–Crippen MR) is 270 cm³/mol. The predicted octanol–water partition coefficient (Wildman–Crippen LogP) is 8.45. The standard InChI is InChI=1S/C51H63ClF2N6O9S2/c1-9-58-39-24-22-34(70(64,65)66)27-36(39)49(5,6)42(58)19-12-10-13-20-43-50(7,8)37-28-35(71(67,68)69)23-25-40(37)59(43)26-15-11-14-21-44(61)56-31-51(54)29-41(60(32-51)47(63)57-48(2,3)4)46(62)55-30-33-17-16-18-38(52)45(33)53/h10,12-13,16-20,22-25,27-28,41H,9,11,14-15,21,26,29-32H2,1-8H3,(H4-,55,56,57,61,62,63,64,65,66,67,68,69)/p+1/t41-,51-/m0/s1. The minimum absolute atomic E-state index is 0.0784. The summed E-state index contributed by atoms with van der Waals surface area (Å²) in [4.78, 5) is 42.6. The molecule has 3 aromatic rings. The Bertz CT molecular complexity index is 2950. The van der Waals surface area contributed by atoms with Crippen molar-refractivity contribution in [1.29, 1.82) is 0 Å². The molecule has 20 heteroatoms. The molecule has 3 aromatic carbocycles. The fraction of sp³-hybridized carbons (Fsp3) is 0.451. The number of unbranched alkanes of at least 4 members (excludes halogenated alkanes) is 2. The number of amides is 4. The molecule has 3 heterocycles. The van der Waals surface area contributed by atoms with Crippen LogP contribution in [0.5, 0.6) is 0 Å². The fourth-order valence-electron chi connectivity index (χ4n) is 9.54. The molecule has 15 nitrogen and oxygen atoms in total. The molecule has 0 radical (unpaired) electrons. The van der Waals surface area contributed by atoms with E-state index < -0.39 is 91.5 Å². The first-order valence-corrected chi connectivity index (χ1v) is 26.7. The van der Waals surface area contributed by atoms with Crippen molar-refractivity contribution < 1.29 is 53.7 Å². The topological polar surface area (TPSA) is 206 Å². The highest BCUT2D eigenvalue weighted by atomic mass is 35.5. The number of hydrogen-bond donors (Lipinski definition) is 5. The van der Waals surface area contributed by atoms with Gasteiger partial charge in [0.25, 0.3) is 20.2 Å². The number of carbonyl (C=O) groups is 3. The van der Waals surface area contributed by atoms with E-state index in [1.54, 1.807) is 32.9 Å². The van der Waals surface area contributed by atoms with Gasteiger partial charge in [0.05, 0.1) is 33.3 Å². The van der Waals surface area contributed by atoms with E-state index in [9.17, 15) is 44.7 Å². The van der Waals surface area contributed by atoms with Gasteiger partial charge in [0.15, 0.2) is 5.71 Å². The number of urea groups is 1. The number of halogens is 3. The Morgan fingerprint density at radius 1 is 0.887 bits per heavy atom. The quantitative estimate of drug-likeness (QED) is 0.0378. The highest BCUT2D eigenvalue weighted by Gasteiger charge is 2.50. The zero-order valence-corrected chi connectivity index (χ0v) is 43.7. The first kappa shape index (κ1) is 54.9. The second-order valence-corrected chi connectivity index (χ2v) is 23.6. The van der Waals surface area contributed by atoms with E-state index in [0.29, 0.717) is 37.9 Å². The van der Waals surface area contributed by atoms with Crippen molar-refractivity contribution in [3.63, 3.8) is 0 Å². The molecule has 0 bridgehead atoms. The van der Waals surface area contributed by atoms with Gasteiger partial charge in [0.2, 0.25) is 17.5 Å². The largest absolute Gasteiger partial charge is 0.353 e. The first-order chi connectivity index (χ1) is 33.0. The number of fused-ring (bicyclic) bond motifs is 2. The van der Waals surface area contributed by atoms with Gasteiger partial charge in [-0.05, 0) is 102 Å². The molecule has 3 aliphatic heterocycles. The molecule has 4 amide bonds. The van der Waals surface area contributed by atoms with Crippen molar-refractivity contribution in [2.75, 3.05) is 31.1 Å². The van der Waals surface area contributed by atoms with Crippen LogP contribution in [-0.2, 0) is 47.2 Å². The minimum Gasteiger partial charge on any atom is -0.353 e. The summed E-state index contributed by atoms with van der Waals surface area (Å²) in [6.07, 6.45) is 10.9. The molecule has 6 rings (SSSR count). The number of anilines is 1. The maximum atomic E-state index is 16.5. The van der Waals surface area contributed by atoms with Crippen LogP contribution in [0.25, 0.3) is 0 Å². The number of hydrogen-bond acceptors (Lipinski definition) is 8. The number of likely N-dealkylation sites (N-methyl/N-ethyl adjacent to an activating group) is 1. The van der Waals surface area contributed by atoms with Gasteiger partial charge in [0.1, 0.15) is 24.1 Å². The Labute approximate surface area is 420 Å². The van der Waals surface area contributed by atoms with E-state index >= 15 is 4.39 Å². The van der Waals surface area contributed by atoms with Gasteiger partial charge in [-0.3, -0.25) is 18.7 Å². The van der Waals surface area contributed by atoms with Crippen molar-refractivity contribution in [1.82, 2.24) is 20.9 Å². The number of nitrogens with one attached hydrogen (secondary N) is 3. The summed E-state index contributed by atoms with van der Waals surface area (Å²) >= 11 is 5.89. The molecule has 384 valence electrons. The maximum Gasteiger partial charge on any atom is 0.318 e. The van der Waals surface area contributed by atoms with Crippen LogP contribution in [0.1, 0.15) is 104 Å². The summed E-state index contributed by atoms with van der Waals surface area (Å²) in [5.74, 6) is -1.79. The highest BCUT2D eigenvalue weighted by molar-refractivity contribution is 7.86. The second kappa shape index (κ2) is 20.9. The highest BCUT2D eigenvalue weighted by Crippen LogP contribution is 2.48. The van der Waals surface area contributed by atoms with Crippen molar-refractivity contribution in [2.45, 2.75) is 132 Å². The molecule has 0 aromatic heterocycles. The van der Waals surface area contributed by atoms with Crippen molar-refractivity contribution in [2.24, 2.45) is 0 Å². The van der Waals surface area contributed by atoms with E-state index in [1.165, 1.54) is 42.5 Å². The smallest absolute Gasteiger partial charge is 0.318 e. The van der Waals surface area contributed by atoms with Gasteiger partial charge >= 0.3 is 6.03 Å². The molecule has 1 fully saturated rings. The van der Waals surface area contributed by atoms with Crippen LogP contribution in [-0.4, -0.2) is 102 Å². The molecule has 0 spiro atoms. The molecular weight excluding hydrogens is 978 g/mol. The van der Waals surface area contributed by atoms with Crippen molar-refractivity contribution in [3.8, 4) is 0 Å². The van der Waals surface area contributed by atoms with Crippen LogP contribution in [0, 0.1) is 5.82 Å². The molecule has 0 saturated carbocycles. The molecule has 0 unspecified atom stereocenters. The van der Waals surface area contributed by atoms with Crippen molar-refractivity contribution in [3.05, 3.63) is 118 Å². The van der Waals surface area contributed by atoms with Gasteiger partial charge in [-0.15, -0.1) is 0 Å². The number of carbonyl (C=O) groups excluding carboxylic acids is 3. The molecule has 1 saturated heterocycles. The van der Waals surface area contributed by atoms with E-state index in [0.717, 1.165) is 33.2 Å². The third kappa shape index (κ3) is 12.4. The molecule has 0 aliphatic carbocycles. The normalized spacial score (nSPS) is 20.3. The van der Waals surface area contributed by atoms with E-state index in [4.69, 9.17) is 11.6 Å². The zero-order valence-electron chi connectivity index (χ0n) is 41.3. The van der Waals surface area contributed by atoms with E-state index in [2.05, 4.69) is 25.4 Å². The average molecular weight is 1040 g/mol. The third-order valence-corrected chi connectivity index (χ3v) is 15.2. The van der Waals surface area contributed by atoms with Gasteiger partial charge in [0, 0.05) is 78.0 Å². The van der Waals surface area contributed by atoms with Crippen LogP contribution < -0.4 is 20.9 Å². The third-order valence-electron chi connectivity index (χ3n) is 13.2. The summed E-state index contributed by atoms with van der Waals surface area (Å²) in [6.45, 7) is 15.1. The van der Waals surface area contributed by atoms with Crippen LogP contribution in [0.15, 0.2) is 100 Å². The summed E-state index contributed by atoms with van der Waals surface area (Å²) in [6, 6.07) is 11.5. The Hall–Kier alpha value is -5.47. The fourth-order valence-corrected chi connectivity index (χ4v) is 10.7.